The van der Waals surface area contributed by atoms with Gasteiger partial charge in [0.1, 0.15) is 5.75 Å². The first-order valence-electron chi connectivity index (χ1n) is 7.10. The number of aliphatic hydroxyl groups excluding tert-OH is 1. The van der Waals surface area contributed by atoms with E-state index in [-0.39, 0.29) is 18.4 Å². The molecule has 4 nitrogen and oxygen atoms in total. The summed E-state index contributed by atoms with van der Waals surface area (Å²) in [6, 6.07) is 2.97. The molecule has 0 saturated carbocycles. The predicted octanol–water partition coefficient (Wildman–Crippen LogP) is 2.66. The summed E-state index contributed by atoms with van der Waals surface area (Å²) in [7, 11) is 0. The zero-order valence-corrected chi connectivity index (χ0v) is 13.9. The highest BCUT2D eigenvalue weighted by Gasteiger charge is 2.38. The zero-order chi connectivity index (χ0) is 15.6. The van der Waals surface area contributed by atoms with Crippen molar-refractivity contribution in [3.8, 4) is 5.75 Å². The highest BCUT2D eigenvalue weighted by atomic mass is 35.5. The zero-order valence-electron chi connectivity index (χ0n) is 12.4. The summed E-state index contributed by atoms with van der Waals surface area (Å²) < 4.78 is 0. The molecule has 1 aliphatic heterocycles. The van der Waals surface area contributed by atoms with Crippen molar-refractivity contribution >= 4 is 23.2 Å². The van der Waals surface area contributed by atoms with Crippen LogP contribution in [0.5, 0.6) is 5.75 Å². The molecule has 0 unspecified atom stereocenters. The Hall–Kier alpha value is -0.520. The maximum Gasteiger partial charge on any atom is 0.123 e. The van der Waals surface area contributed by atoms with Gasteiger partial charge < -0.3 is 15.5 Å². The summed E-state index contributed by atoms with van der Waals surface area (Å²) in [6.45, 7) is 7.39. The lowest BCUT2D eigenvalue weighted by molar-refractivity contribution is 0.0293. The maximum absolute atomic E-state index is 10.3. The molecule has 21 heavy (non-hydrogen) atoms. The normalized spacial score (nSPS) is 18.7. The topological polar surface area (TPSA) is 55.7 Å². The first-order chi connectivity index (χ1) is 9.86. The van der Waals surface area contributed by atoms with Crippen LogP contribution >= 0.6 is 23.2 Å². The van der Waals surface area contributed by atoms with E-state index in [1.54, 1.807) is 6.07 Å². The molecule has 0 bridgehead atoms. The van der Waals surface area contributed by atoms with Crippen LogP contribution in [0.1, 0.15) is 25.5 Å². The highest BCUT2D eigenvalue weighted by Crippen LogP contribution is 2.45. The summed E-state index contributed by atoms with van der Waals surface area (Å²) in [4.78, 5) is 2.25. The molecule has 1 aromatic rings. The van der Waals surface area contributed by atoms with Crippen LogP contribution in [0.15, 0.2) is 12.1 Å². The van der Waals surface area contributed by atoms with Gasteiger partial charge in [-0.15, -0.1) is 0 Å². The fraction of sp³-hybridized carbons (Fsp3) is 0.600. The quantitative estimate of drug-likeness (QED) is 0.793. The van der Waals surface area contributed by atoms with E-state index in [0.29, 0.717) is 15.6 Å². The molecule has 1 fully saturated rings. The number of phenols is 1. The van der Waals surface area contributed by atoms with E-state index in [1.807, 2.05) is 13.8 Å². The predicted molar refractivity (Wildman–Crippen MR) is 86.2 cm³/mol. The van der Waals surface area contributed by atoms with Crippen molar-refractivity contribution in [3.05, 3.63) is 27.7 Å². The first kappa shape index (κ1) is 16.8. The van der Waals surface area contributed by atoms with Crippen molar-refractivity contribution < 1.29 is 10.2 Å². The SMILES string of the molecule is CC(C)(CO)[C@@H](c1c(O)cc(Cl)cc1Cl)N1CCNCC1. The lowest BCUT2D eigenvalue weighted by Gasteiger charge is -2.44. The number of hydrogen-bond acceptors (Lipinski definition) is 4. The number of aliphatic hydroxyl groups is 1. The number of hydrogen-bond donors (Lipinski definition) is 3. The molecule has 0 radical (unpaired) electrons. The van der Waals surface area contributed by atoms with Gasteiger partial charge in [0.15, 0.2) is 0 Å². The largest absolute Gasteiger partial charge is 0.508 e. The molecule has 1 saturated heterocycles. The molecule has 118 valence electrons. The molecule has 6 heteroatoms. The van der Waals surface area contributed by atoms with E-state index in [4.69, 9.17) is 23.2 Å². The molecule has 2 rings (SSSR count). The molecular formula is C15H22Cl2N2O2. The molecule has 0 aromatic heterocycles. The summed E-state index contributed by atoms with van der Waals surface area (Å²) in [5, 5.41) is 24.3. The number of benzene rings is 1. The third-order valence-electron chi connectivity index (χ3n) is 4.01. The Labute approximate surface area is 135 Å². The van der Waals surface area contributed by atoms with Gasteiger partial charge in [-0.2, -0.15) is 0 Å². The van der Waals surface area contributed by atoms with Gasteiger partial charge in [0, 0.05) is 54.8 Å². The van der Waals surface area contributed by atoms with Gasteiger partial charge in [-0.05, 0) is 12.1 Å². The number of piperazine rings is 1. The maximum atomic E-state index is 10.3. The monoisotopic (exact) mass is 332 g/mol. The van der Waals surface area contributed by atoms with E-state index in [2.05, 4.69) is 10.2 Å². The summed E-state index contributed by atoms with van der Waals surface area (Å²) in [6.07, 6.45) is 0. The molecule has 1 aromatic carbocycles. The Balaban J connectivity index is 2.49. The van der Waals surface area contributed by atoms with Crippen molar-refractivity contribution in [3.63, 3.8) is 0 Å². The Morgan fingerprint density at radius 3 is 2.43 bits per heavy atom. The molecule has 1 heterocycles. The van der Waals surface area contributed by atoms with E-state index in [0.717, 1.165) is 26.2 Å². The molecule has 1 aliphatic rings. The molecule has 0 amide bonds. The minimum absolute atomic E-state index is 0.00000937. The standard InChI is InChI=1S/C15H22Cl2N2O2/c1-15(2,9-20)14(19-5-3-18-4-6-19)13-11(17)7-10(16)8-12(13)21/h7-8,14,18,20-21H,3-6,9H2,1-2H3/t14-/m1/s1. The number of aromatic hydroxyl groups is 1. The van der Waals surface area contributed by atoms with Gasteiger partial charge in [0.2, 0.25) is 0 Å². The van der Waals surface area contributed by atoms with E-state index >= 15 is 0 Å². The first-order valence-corrected chi connectivity index (χ1v) is 7.86. The molecule has 1 atom stereocenters. The van der Waals surface area contributed by atoms with Crippen LogP contribution in [0, 0.1) is 5.41 Å². The third-order valence-corrected chi connectivity index (χ3v) is 4.54. The third kappa shape index (κ3) is 3.63. The van der Waals surface area contributed by atoms with Crippen molar-refractivity contribution in [2.45, 2.75) is 19.9 Å². The second-order valence-corrected chi connectivity index (χ2v) is 7.00. The van der Waals surface area contributed by atoms with Crippen molar-refractivity contribution in [2.24, 2.45) is 5.41 Å². The fourth-order valence-electron chi connectivity index (χ4n) is 2.94. The Morgan fingerprint density at radius 1 is 1.29 bits per heavy atom. The van der Waals surface area contributed by atoms with Crippen molar-refractivity contribution in [1.29, 1.82) is 0 Å². The Morgan fingerprint density at radius 2 is 1.90 bits per heavy atom. The van der Waals surface area contributed by atoms with Crippen molar-refractivity contribution in [2.75, 3.05) is 32.8 Å². The van der Waals surface area contributed by atoms with Gasteiger partial charge in [-0.1, -0.05) is 37.0 Å². The average molecular weight is 333 g/mol. The van der Waals surface area contributed by atoms with Gasteiger partial charge >= 0.3 is 0 Å². The number of nitrogens with one attached hydrogen (secondary N) is 1. The number of phenolic OH excluding ortho intramolecular Hbond substituents is 1. The Kier molecular flexibility index (Phi) is 5.38. The van der Waals surface area contributed by atoms with Crippen LogP contribution in [0.3, 0.4) is 0 Å². The minimum atomic E-state index is -0.438. The lowest BCUT2D eigenvalue weighted by Crippen LogP contribution is -2.49. The van der Waals surface area contributed by atoms with Crippen LogP contribution in [-0.2, 0) is 0 Å². The smallest absolute Gasteiger partial charge is 0.123 e. The van der Waals surface area contributed by atoms with Crippen LogP contribution in [0.4, 0.5) is 0 Å². The number of halogens is 2. The van der Waals surface area contributed by atoms with Crippen LogP contribution in [-0.4, -0.2) is 47.9 Å². The van der Waals surface area contributed by atoms with E-state index in [1.165, 1.54) is 6.07 Å². The summed E-state index contributed by atoms with van der Waals surface area (Å²) in [5.74, 6) is 0.0811. The average Bonchev–Trinajstić information content (AvgIpc) is 2.43. The molecule has 3 N–H and O–H groups in total. The summed E-state index contributed by atoms with van der Waals surface area (Å²) >= 11 is 12.3. The van der Waals surface area contributed by atoms with Gasteiger partial charge in [0.25, 0.3) is 0 Å². The van der Waals surface area contributed by atoms with Gasteiger partial charge in [-0.25, -0.2) is 0 Å². The van der Waals surface area contributed by atoms with Crippen LogP contribution in [0.2, 0.25) is 10.0 Å². The second kappa shape index (κ2) is 6.71. The molecular weight excluding hydrogens is 311 g/mol. The summed E-state index contributed by atoms with van der Waals surface area (Å²) in [5.41, 5.74) is 0.203. The number of rotatable bonds is 4. The second-order valence-electron chi connectivity index (χ2n) is 6.16. The number of nitrogens with zero attached hydrogens (tertiary/aromatic N) is 1. The van der Waals surface area contributed by atoms with Gasteiger partial charge in [-0.3, -0.25) is 4.90 Å². The Bertz CT molecular complexity index is 479. The van der Waals surface area contributed by atoms with Crippen molar-refractivity contribution in [1.82, 2.24) is 10.2 Å². The lowest BCUT2D eigenvalue weighted by atomic mass is 9.79. The van der Waals surface area contributed by atoms with Crippen LogP contribution < -0.4 is 5.32 Å². The minimum Gasteiger partial charge on any atom is -0.508 e. The van der Waals surface area contributed by atoms with Gasteiger partial charge in [0.05, 0.1) is 5.02 Å². The van der Waals surface area contributed by atoms with Crippen LogP contribution in [0.25, 0.3) is 0 Å². The van der Waals surface area contributed by atoms with E-state index < -0.39 is 5.41 Å². The molecule has 0 spiro atoms. The van der Waals surface area contributed by atoms with E-state index in [9.17, 15) is 10.2 Å². The fourth-order valence-corrected chi connectivity index (χ4v) is 3.52. The highest BCUT2D eigenvalue weighted by molar-refractivity contribution is 6.35. The molecule has 0 aliphatic carbocycles.